The second-order valence-corrected chi connectivity index (χ2v) is 10.7. The highest BCUT2D eigenvalue weighted by molar-refractivity contribution is 8.54. The van der Waals surface area contributed by atoms with Crippen molar-refractivity contribution in [1.82, 2.24) is 19.5 Å². The van der Waals surface area contributed by atoms with E-state index in [1.165, 1.54) is 6.33 Å². The lowest BCUT2D eigenvalue weighted by atomic mass is 10.2. The van der Waals surface area contributed by atoms with Gasteiger partial charge in [0.15, 0.2) is 11.5 Å². The Labute approximate surface area is 177 Å². The maximum absolute atomic E-state index is 12.4. The van der Waals surface area contributed by atoms with Gasteiger partial charge in [0, 0.05) is 5.75 Å². The summed E-state index contributed by atoms with van der Waals surface area (Å²) in [6.07, 6.45) is 3.81. The summed E-state index contributed by atoms with van der Waals surface area (Å²) >= 11 is 0.877. The predicted molar refractivity (Wildman–Crippen MR) is 113 cm³/mol. The first-order valence-electron chi connectivity index (χ1n) is 9.28. The van der Waals surface area contributed by atoms with Gasteiger partial charge in [0.1, 0.15) is 23.8 Å². The number of hydrogen-bond acceptors (Lipinski definition) is 9. The molecule has 3 aromatic rings. The van der Waals surface area contributed by atoms with Crippen LogP contribution in [0, 0.1) is 0 Å². The Balaban J connectivity index is 1.29. The molecule has 30 heavy (non-hydrogen) atoms. The molecule has 0 bridgehead atoms. The van der Waals surface area contributed by atoms with Gasteiger partial charge in [-0.3, -0.25) is 9.09 Å². The second-order valence-electron chi connectivity index (χ2n) is 6.76. The zero-order chi connectivity index (χ0) is 21.1. The monoisotopic (exact) mass is 451 g/mol. The van der Waals surface area contributed by atoms with E-state index in [1.54, 1.807) is 18.0 Å². The molecule has 0 aliphatic carbocycles. The molecular formula is C18H22N5O5PS. The molecule has 0 amide bonds. The molecular weight excluding hydrogens is 429 g/mol. The van der Waals surface area contributed by atoms with Crippen molar-refractivity contribution < 1.29 is 23.5 Å². The molecule has 160 valence electrons. The lowest BCUT2D eigenvalue weighted by molar-refractivity contribution is -0.0166. The van der Waals surface area contributed by atoms with Crippen LogP contribution in [0.2, 0.25) is 0 Å². The number of nitrogens with two attached hydrogens (primary N) is 1. The van der Waals surface area contributed by atoms with E-state index in [-0.39, 0.29) is 18.9 Å². The first kappa shape index (κ1) is 21.1. The van der Waals surface area contributed by atoms with E-state index in [0.29, 0.717) is 35.6 Å². The number of hydrogen-bond donors (Lipinski definition) is 2. The maximum Gasteiger partial charge on any atom is 0.386 e. The number of aromatic nitrogens is 4. The number of methoxy groups -OCH3 is 1. The number of fused-ring (bicyclic) bond motifs is 1. The fraction of sp³-hybridized carbons (Fsp3) is 0.389. The van der Waals surface area contributed by atoms with Crippen LogP contribution in [0.15, 0.2) is 36.9 Å². The highest BCUT2D eigenvalue weighted by Crippen LogP contribution is 2.57. The van der Waals surface area contributed by atoms with Crippen molar-refractivity contribution in [2.24, 2.45) is 0 Å². The summed E-state index contributed by atoms with van der Waals surface area (Å²) < 4.78 is 30.5. The minimum absolute atomic E-state index is 0.0314. The first-order valence-corrected chi connectivity index (χ1v) is 12.5. The molecule has 0 radical (unpaired) electrons. The molecule has 2 aromatic heterocycles. The summed E-state index contributed by atoms with van der Waals surface area (Å²) in [5.41, 5.74) is 7.85. The van der Waals surface area contributed by atoms with E-state index < -0.39 is 6.80 Å². The SMILES string of the molecule is COc1ccc(CSP(=O)(O)OC[C@@H]2CC[C@H](n3cnc4c(N)ncnc43)O2)cc1. The molecule has 0 spiro atoms. The lowest BCUT2D eigenvalue weighted by Crippen LogP contribution is -2.16. The zero-order valence-corrected chi connectivity index (χ0v) is 18.0. The number of nitrogens with zero attached hydrogens (tertiary/aromatic N) is 4. The average molecular weight is 451 g/mol. The average Bonchev–Trinajstić information content (AvgIpc) is 3.39. The Morgan fingerprint density at radius 2 is 2.10 bits per heavy atom. The Bertz CT molecular complexity index is 1060. The normalized spacial score (nSPS) is 21.0. The van der Waals surface area contributed by atoms with Crippen molar-refractivity contribution >= 4 is 35.2 Å². The molecule has 12 heteroatoms. The number of imidazole rings is 1. The molecule has 3 atom stereocenters. The van der Waals surface area contributed by atoms with Gasteiger partial charge >= 0.3 is 6.80 Å². The van der Waals surface area contributed by atoms with Crippen molar-refractivity contribution in [2.75, 3.05) is 19.5 Å². The van der Waals surface area contributed by atoms with Crippen molar-refractivity contribution in [3.05, 3.63) is 42.5 Å². The van der Waals surface area contributed by atoms with Crippen molar-refractivity contribution in [1.29, 1.82) is 0 Å². The topological polar surface area (TPSA) is 135 Å². The summed E-state index contributed by atoms with van der Waals surface area (Å²) in [5, 5.41) is 0. The van der Waals surface area contributed by atoms with Crippen LogP contribution in [-0.4, -0.2) is 44.2 Å². The second kappa shape index (κ2) is 8.91. The minimum Gasteiger partial charge on any atom is -0.497 e. The molecule has 1 aromatic carbocycles. The maximum atomic E-state index is 12.4. The fourth-order valence-corrected chi connectivity index (χ4v) is 5.46. The Morgan fingerprint density at radius 1 is 1.30 bits per heavy atom. The Hall–Kier alpha value is -2.17. The van der Waals surface area contributed by atoms with Crippen LogP contribution >= 0.6 is 18.2 Å². The third kappa shape index (κ3) is 4.76. The summed E-state index contributed by atoms with van der Waals surface area (Å²) in [7, 11) is 1.59. The molecule has 1 unspecified atom stereocenters. The fourth-order valence-electron chi connectivity index (χ4n) is 3.19. The van der Waals surface area contributed by atoms with Crippen LogP contribution in [0.3, 0.4) is 0 Å². The lowest BCUT2D eigenvalue weighted by Gasteiger charge is -2.17. The van der Waals surface area contributed by atoms with Crippen LogP contribution in [-0.2, 0) is 19.6 Å². The summed E-state index contributed by atoms with van der Waals surface area (Å²) in [5.74, 6) is 1.40. The van der Waals surface area contributed by atoms with Gasteiger partial charge in [-0.15, -0.1) is 0 Å². The summed E-state index contributed by atoms with van der Waals surface area (Å²) in [6, 6.07) is 7.32. The van der Waals surface area contributed by atoms with E-state index in [4.69, 9.17) is 19.7 Å². The minimum atomic E-state index is -3.81. The zero-order valence-electron chi connectivity index (χ0n) is 16.2. The third-order valence-electron chi connectivity index (χ3n) is 4.76. The molecule has 3 heterocycles. The van der Waals surface area contributed by atoms with E-state index in [2.05, 4.69) is 15.0 Å². The van der Waals surface area contributed by atoms with Gasteiger partial charge in [-0.05, 0) is 41.9 Å². The molecule has 1 aliphatic rings. The highest BCUT2D eigenvalue weighted by atomic mass is 32.7. The molecule has 4 rings (SSSR count). The van der Waals surface area contributed by atoms with Gasteiger partial charge < -0.3 is 20.1 Å². The quantitative estimate of drug-likeness (QED) is 0.492. The van der Waals surface area contributed by atoms with Crippen LogP contribution in [0.25, 0.3) is 11.2 Å². The van der Waals surface area contributed by atoms with Gasteiger partial charge in [-0.1, -0.05) is 12.1 Å². The molecule has 1 saturated heterocycles. The van der Waals surface area contributed by atoms with Crippen molar-refractivity contribution in [3.63, 3.8) is 0 Å². The molecule has 3 N–H and O–H groups in total. The van der Waals surface area contributed by atoms with Crippen LogP contribution in [0.5, 0.6) is 5.75 Å². The predicted octanol–water partition coefficient (Wildman–Crippen LogP) is 3.15. The van der Waals surface area contributed by atoms with E-state index in [0.717, 1.165) is 22.7 Å². The van der Waals surface area contributed by atoms with Crippen molar-refractivity contribution in [2.45, 2.75) is 30.9 Å². The van der Waals surface area contributed by atoms with Gasteiger partial charge in [-0.2, -0.15) is 0 Å². The van der Waals surface area contributed by atoms with Gasteiger partial charge in [0.2, 0.25) is 0 Å². The molecule has 0 saturated carbocycles. The smallest absolute Gasteiger partial charge is 0.386 e. The Kier molecular flexibility index (Phi) is 6.26. The van der Waals surface area contributed by atoms with Gasteiger partial charge in [0.05, 0.1) is 26.1 Å². The largest absolute Gasteiger partial charge is 0.497 e. The number of rotatable bonds is 8. The van der Waals surface area contributed by atoms with E-state index in [9.17, 15) is 9.46 Å². The first-order chi connectivity index (χ1) is 14.4. The van der Waals surface area contributed by atoms with Crippen LogP contribution in [0.4, 0.5) is 5.82 Å². The number of nitrogen functional groups attached to an aromatic ring is 1. The number of benzene rings is 1. The number of anilines is 1. The molecule has 1 aliphatic heterocycles. The summed E-state index contributed by atoms with van der Waals surface area (Å²) in [6.45, 7) is -3.77. The van der Waals surface area contributed by atoms with Gasteiger partial charge in [0.25, 0.3) is 0 Å². The third-order valence-corrected chi connectivity index (χ3v) is 7.71. The van der Waals surface area contributed by atoms with Crippen LogP contribution in [0.1, 0.15) is 24.6 Å². The van der Waals surface area contributed by atoms with Crippen LogP contribution < -0.4 is 10.5 Å². The standard InChI is InChI=1S/C18H22N5O5PS/c1-26-13-4-2-12(3-5-13)9-30-29(24,25)27-8-14-6-7-15(28-14)23-11-22-16-17(19)20-10-21-18(16)23/h2-5,10-11,14-15H,6-9H2,1H3,(H,24,25)(H2,19,20,21)/t14-,15+/m0/s1. The van der Waals surface area contributed by atoms with E-state index in [1.807, 2.05) is 24.3 Å². The Morgan fingerprint density at radius 3 is 2.87 bits per heavy atom. The van der Waals surface area contributed by atoms with Gasteiger partial charge in [-0.25, -0.2) is 19.5 Å². The molecule has 10 nitrogen and oxygen atoms in total. The highest BCUT2D eigenvalue weighted by Gasteiger charge is 2.31. The number of ether oxygens (including phenoxy) is 2. The van der Waals surface area contributed by atoms with Crippen molar-refractivity contribution in [3.8, 4) is 5.75 Å². The molecule has 1 fully saturated rings. The van der Waals surface area contributed by atoms with E-state index >= 15 is 0 Å². The summed E-state index contributed by atoms with van der Waals surface area (Å²) in [4.78, 5) is 22.5.